The van der Waals surface area contributed by atoms with E-state index in [1.165, 1.54) is 12.1 Å². The Kier molecular flexibility index (Phi) is 4.31. The van der Waals surface area contributed by atoms with Gasteiger partial charge in [-0.1, -0.05) is 12.1 Å². The van der Waals surface area contributed by atoms with Crippen LogP contribution in [0.2, 0.25) is 0 Å². The molecule has 0 amide bonds. The molecular formula is C11H13ClFN3. The van der Waals surface area contributed by atoms with Gasteiger partial charge in [-0.2, -0.15) is 5.10 Å². The van der Waals surface area contributed by atoms with Gasteiger partial charge in [0.2, 0.25) is 0 Å². The van der Waals surface area contributed by atoms with Crippen LogP contribution in [0.5, 0.6) is 0 Å². The van der Waals surface area contributed by atoms with Crippen molar-refractivity contribution in [3.8, 4) is 0 Å². The predicted molar refractivity (Wildman–Crippen MR) is 64.2 cm³/mol. The van der Waals surface area contributed by atoms with Crippen molar-refractivity contribution in [2.75, 3.05) is 5.32 Å². The number of anilines is 1. The number of halogens is 2. The number of aromatic nitrogens is 2. The summed E-state index contributed by atoms with van der Waals surface area (Å²) >= 11 is 0. The summed E-state index contributed by atoms with van der Waals surface area (Å²) in [5.41, 5.74) is 1.85. The number of aryl methyl sites for hydroxylation is 1. The van der Waals surface area contributed by atoms with Crippen LogP contribution in [0, 0.1) is 5.82 Å². The van der Waals surface area contributed by atoms with Gasteiger partial charge < -0.3 is 5.32 Å². The highest BCUT2D eigenvalue weighted by molar-refractivity contribution is 5.85. The van der Waals surface area contributed by atoms with Crippen molar-refractivity contribution in [3.05, 3.63) is 48.0 Å². The molecule has 3 nitrogen and oxygen atoms in total. The minimum absolute atomic E-state index is 0. The van der Waals surface area contributed by atoms with Crippen LogP contribution in [0.25, 0.3) is 0 Å². The maximum Gasteiger partial charge on any atom is 0.123 e. The summed E-state index contributed by atoms with van der Waals surface area (Å²) < 4.78 is 14.6. The molecule has 0 radical (unpaired) electrons. The second-order valence-corrected chi connectivity index (χ2v) is 3.39. The Labute approximate surface area is 99.7 Å². The standard InChI is InChI=1S/C11H12FN3.ClH/c1-15-8-11(7-14-15)13-6-9-3-2-4-10(12)5-9;/h2-5,7-8,13H,6H2,1H3;1H. The normalized spacial score (nSPS) is 9.62. The lowest BCUT2D eigenvalue weighted by Gasteiger charge is -2.03. The van der Waals surface area contributed by atoms with Crippen LogP contribution >= 0.6 is 12.4 Å². The third-order valence-corrected chi connectivity index (χ3v) is 2.09. The van der Waals surface area contributed by atoms with E-state index in [-0.39, 0.29) is 18.2 Å². The van der Waals surface area contributed by atoms with Crippen molar-refractivity contribution in [2.45, 2.75) is 6.54 Å². The molecule has 1 heterocycles. The van der Waals surface area contributed by atoms with Crippen molar-refractivity contribution in [2.24, 2.45) is 7.05 Å². The molecule has 5 heteroatoms. The molecule has 1 aromatic heterocycles. The number of nitrogens with zero attached hydrogens (tertiary/aromatic N) is 2. The SMILES string of the molecule is Cl.Cn1cc(NCc2cccc(F)c2)cn1. The summed E-state index contributed by atoms with van der Waals surface area (Å²) in [6.45, 7) is 0.601. The molecule has 0 atom stereocenters. The van der Waals surface area contributed by atoms with E-state index in [4.69, 9.17) is 0 Å². The second kappa shape index (κ2) is 5.51. The van der Waals surface area contributed by atoms with Gasteiger partial charge >= 0.3 is 0 Å². The molecule has 1 N–H and O–H groups in total. The minimum Gasteiger partial charge on any atom is -0.378 e. The Morgan fingerprint density at radius 3 is 2.88 bits per heavy atom. The minimum atomic E-state index is -0.208. The lowest BCUT2D eigenvalue weighted by atomic mass is 10.2. The topological polar surface area (TPSA) is 29.9 Å². The van der Waals surface area contributed by atoms with Crippen molar-refractivity contribution >= 4 is 18.1 Å². The van der Waals surface area contributed by atoms with Gasteiger partial charge in [-0.25, -0.2) is 4.39 Å². The number of hydrogen-bond donors (Lipinski definition) is 1. The van der Waals surface area contributed by atoms with Crippen molar-refractivity contribution < 1.29 is 4.39 Å². The Morgan fingerprint density at radius 1 is 1.44 bits per heavy atom. The summed E-state index contributed by atoms with van der Waals surface area (Å²) in [6, 6.07) is 6.54. The number of nitrogens with one attached hydrogen (secondary N) is 1. The maximum absolute atomic E-state index is 12.9. The molecule has 0 fully saturated rings. The fourth-order valence-electron chi connectivity index (χ4n) is 1.36. The zero-order valence-electron chi connectivity index (χ0n) is 8.85. The van der Waals surface area contributed by atoms with Crippen LogP contribution in [-0.4, -0.2) is 9.78 Å². The molecule has 0 bridgehead atoms. The summed E-state index contributed by atoms with van der Waals surface area (Å²) in [4.78, 5) is 0. The highest BCUT2D eigenvalue weighted by Gasteiger charge is 1.97. The smallest absolute Gasteiger partial charge is 0.123 e. The zero-order valence-corrected chi connectivity index (χ0v) is 9.67. The van der Waals surface area contributed by atoms with Crippen LogP contribution in [0.1, 0.15) is 5.56 Å². The van der Waals surface area contributed by atoms with Gasteiger partial charge in [0.15, 0.2) is 0 Å². The molecule has 0 aliphatic carbocycles. The molecule has 0 saturated heterocycles. The number of hydrogen-bond acceptors (Lipinski definition) is 2. The van der Waals surface area contributed by atoms with Crippen molar-refractivity contribution in [1.29, 1.82) is 0 Å². The van der Waals surface area contributed by atoms with Gasteiger partial charge in [-0.15, -0.1) is 12.4 Å². The molecule has 0 saturated carbocycles. The van der Waals surface area contributed by atoms with Crippen LogP contribution < -0.4 is 5.32 Å². The van der Waals surface area contributed by atoms with Crippen molar-refractivity contribution in [3.63, 3.8) is 0 Å². The van der Waals surface area contributed by atoms with Gasteiger partial charge in [0.25, 0.3) is 0 Å². The quantitative estimate of drug-likeness (QED) is 0.895. The first kappa shape index (κ1) is 12.5. The first-order chi connectivity index (χ1) is 7.24. The molecule has 86 valence electrons. The van der Waals surface area contributed by atoms with Crippen LogP contribution in [-0.2, 0) is 13.6 Å². The van der Waals surface area contributed by atoms with Crippen molar-refractivity contribution in [1.82, 2.24) is 9.78 Å². The first-order valence-corrected chi connectivity index (χ1v) is 4.71. The molecular weight excluding hydrogens is 229 g/mol. The largest absolute Gasteiger partial charge is 0.378 e. The molecule has 0 unspecified atom stereocenters. The van der Waals surface area contributed by atoms with E-state index in [0.29, 0.717) is 6.54 Å². The lowest BCUT2D eigenvalue weighted by molar-refractivity contribution is 0.626. The van der Waals surface area contributed by atoms with Gasteiger partial charge in [0, 0.05) is 19.8 Å². The number of benzene rings is 1. The third kappa shape index (κ3) is 3.24. The molecule has 0 spiro atoms. The van der Waals surface area contributed by atoms with Crippen LogP contribution in [0.4, 0.5) is 10.1 Å². The fourth-order valence-corrected chi connectivity index (χ4v) is 1.36. The Morgan fingerprint density at radius 2 is 2.25 bits per heavy atom. The van der Waals surface area contributed by atoms with E-state index in [9.17, 15) is 4.39 Å². The predicted octanol–water partition coefficient (Wildman–Crippen LogP) is 2.59. The first-order valence-electron chi connectivity index (χ1n) is 4.71. The Hall–Kier alpha value is -1.55. The zero-order chi connectivity index (χ0) is 10.7. The van der Waals surface area contributed by atoms with Gasteiger partial charge in [0.05, 0.1) is 11.9 Å². The highest BCUT2D eigenvalue weighted by atomic mass is 35.5. The van der Waals surface area contributed by atoms with Gasteiger partial charge in [-0.05, 0) is 17.7 Å². The fraction of sp³-hybridized carbons (Fsp3) is 0.182. The molecule has 2 aromatic rings. The third-order valence-electron chi connectivity index (χ3n) is 2.09. The van der Waals surface area contributed by atoms with Crippen LogP contribution in [0.15, 0.2) is 36.7 Å². The Bertz CT molecular complexity index is 456. The van der Waals surface area contributed by atoms with E-state index in [2.05, 4.69) is 10.4 Å². The van der Waals surface area contributed by atoms with E-state index < -0.39 is 0 Å². The van der Waals surface area contributed by atoms with E-state index in [1.54, 1.807) is 16.9 Å². The molecule has 2 rings (SSSR count). The summed E-state index contributed by atoms with van der Waals surface area (Å²) in [5.74, 6) is -0.208. The highest BCUT2D eigenvalue weighted by Crippen LogP contribution is 2.08. The summed E-state index contributed by atoms with van der Waals surface area (Å²) in [5, 5.41) is 7.19. The van der Waals surface area contributed by atoms with Gasteiger partial charge in [0.1, 0.15) is 5.82 Å². The molecule has 0 aliphatic heterocycles. The molecule has 16 heavy (non-hydrogen) atoms. The lowest BCUT2D eigenvalue weighted by Crippen LogP contribution is -1.98. The molecule has 0 aliphatic rings. The average Bonchev–Trinajstić information content (AvgIpc) is 2.62. The maximum atomic E-state index is 12.9. The van der Waals surface area contributed by atoms with Gasteiger partial charge in [-0.3, -0.25) is 4.68 Å². The van der Waals surface area contributed by atoms with E-state index >= 15 is 0 Å². The summed E-state index contributed by atoms with van der Waals surface area (Å²) in [6.07, 6.45) is 3.61. The Balaban J connectivity index is 0.00000128. The van der Waals surface area contributed by atoms with E-state index in [1.807, 2.05) is 19.3 Å². The molecule has 1 aromatic carbocycles. The summed E-state index contributed by atoms with van der Waals surface area (Å²) in [7, 11) is 1.85. The van der Waals surface area contributed by atoms with E-state index in [0.717, 1.165) is 11.3 Å². The van der Waals surface area contributed by atoms with Crippen LogP contribution in [0.3, 0.4) is 0 Å². The number of rotatable bonds is 3. The second-order valence-electron chi connectivity index (χ2n) is 3.39. The average molecular weight is 242 g/mol. The monoisotopic (exact) mass is 241 g/mol.